The van der Waals surface area contributed by atoms with Gasteiger partial charge in [0.15, 0.2) is 6.10 Å². The maximum absolute atomic E-state index is 13.4. The number of carbonyl (C=O) groups excluding carboxylic acids is 2. The number of halogens is 1. The first kappa shape index (κ1) is 33.1. The molecule has 3 atom stereocenters. The molecule has 0 heterocycles. The Balaban J connectivity index is 1.77. The van der Waals surface area contributed by atoms with E-state index in [1.165, 1.54) is 24.1 Å². The van der Waals surface area contributed by atoms with Crippen molar-refractivity contribution in [3.8, 4) is 0 Å². The summed E-state index contributed by atoms with van der Waals surface area (Å²) >= 11 is 1.50. The third-order valence-corrected chi connectivity index (χ3v) is 7.65. The zero-order valence-electron chi connectivity index (χ0n) is 24.2. The topological polar surface area (TPSA) is 102 Å². The lowest BCUT2D eigenvalue weighted by molar-refractivity contribution is -0.145. The molecule has 0 fully saturated rings. The van der Waals surface area contributed by atoms with E-state index < -0.39 is 24.2 Å². The molecule has 0 radical (unpaired) electrons. The second-order valence-electron chi connectivity index (χ2n) is 10.6. The van der Waals surface area contributed by atoms with Crippen molar-refractivity contribution in [2.45, 2.75) is 50.0 Å². The van der Waals surface area contributed by atoms with E-state index in [4.69, 9.17) is 4.74 Å². The molecule has 226 valence electrons. The third kappa shape index (κ3) is 10.8. The summed E-state index contributed by atoms with van der Waals surface area (Å²) in [6.45, 7) is 5.37. The molecule has 3 unspecified atom stereocenters. The van der Waals surface area contributed by atoms with Crippen molar-refractivity contribution in [3.63, 3.8) is 0 Å². The number of anilines is 1. The summed E-state index contributed by atoms with van der Waals surface area (Å²) in [6.07, 6.45) is -1.75. The number of aliphatic hydroxyl groups excluding tert-OH is 2. The average Bonchev–Trinajstić information content (AvgIpc) is 2.97. The summed E-state index contributed by atoms with van der Waals surface area (Å²) in [5.41, 5.74) is 2.40. The first-order chi connectivity index (χ1) is 20.2. The first-order valence-corrected chi connectivity index (χ1v) is 14.7. The summed E-state index contributed by atoms with van der Waals surface area (Å²) in [7, 11) is 1.71. The van der Waals surface area contributed by atoms with Gasteiger partial charge in [0, 0.05) is 30.7 Å². The Kier molecular flexibility index (Phi) is 13.3. The molecule has 10 heteroatoms. The number of benzene rings is 3. The molecule has 42 heavy (non-hydrogen) atoms. The van der Waals surface area contributed by atoms with Gasteiger partial charge in [-0.1, -0.05) is 56.3 Å². The van der Waals surface area contributed by atoms with Crippen molar-refractivity contribution in [2.75, 3.05) is 31.6 Å². The zero-order valence-corrected chi connectivity index (χ0v) is 25.0. The second kappa shape index (κ2) is 16.9. The van der Waals surface area contributed by atoms with Gasteiger partial charge in [-0.05, 0) is 71.8 Å². The number of carbonyl (C=O) groups is 2. The van der Waals surface area contributed by atoms with Crippen molar-refractivity contribution < 1.29 is 28.9 Å². The lowest BCUT2D eigenvalue weighted by atomic mass is 10.0. The van der Waals surface area contributed by atoms with Crippen LogP contribution >= 0.6 is 11.9 Å². The van der Waals surface area contributed by atoms with Gasteiger partial charge in [-0.25, -0.2) is 8.70 Å². The summed E-state index contributed by atoms with van der Waals surface area (Å²) in [4.78, 5) is 27.4. The van der Waals surface area contributed by atoms with Crippen LogP contribution in [0, 0.1) is 11.7 Å². The van der Waals surface area contributed by atoms with Crippen LogP contribution in [0.15, 0.2) is 83.8 Å². The second-order valence-corrected chi connectivity index (χ2v) is 11.8. The predicted octanol–water partition coefficient (Wildman–Crippen LogP) is 4.05. The normalized spacial score (nSPS) is 13.4. The Morgan fingerprint density at radius 2 is 1.64 bits per heavy atom. The van der Waals surface area contributed by atoms with E-state index in [2.05, 4.69) is 23.5 Å². The average molecular weight is 598 g/mol. The number of hydrogen-bond acceptors (Lipinski definition) is 8. The number of likely N-dealkylation sites (N-methyl/N-ethyl adjacent to an activating group) is 1. The van der Waals surface area contributed by atoms with Gasteiger partial charge >= 0.3 is 0 Å². The van der Waals surface area contributed by atoms with E-state index in [-0.39, 0.29) is 32.0 Å². The maximum Gasteiger partial charge on any atom is 0.293 e. The number of hydrogen-bond donors (Lipinski definition) is 3. The van der Waals surface area contributed by atoms with Crippen molar-refractivity contribution in [1.29, 1.82) is 0 Å². The Bertz CT molecular complexity index is 1230. The number of nitrogens with zero attached hydrogens (tertiary/aromatic N) is 2. The Morgan fingerprint density at radius 1 is 0.976 bits per heavy atom. The third-order valence-electron chi connectivity index (χ3n) is 6.61. The minimum Gasteiger partial charge on any atom is -0.453 e. The molecule has 3 aromatic carbocycles. The molecule has 3 rings (SSSR count). The van der Waals surface area contributed by atoms with Crippen LogP contribution in [0.3, 0.4) is 0 Å². The van der Waals surface area contributed by atoms with Gasteiger partial charge in [0.05, 0.1) is 25.3 Å². The molecule has 8 nitrogen and oxygen atoms in total. The SMILES string of the molecule is CC(C)CN(CC(O)C(Cc1ccccc1)NC(=O)C(CN(C)c1ccc(F)cc1)OC=O)Sc1ccc(CO)cc1. The molecular weight excluding hydrogens is 557 g/mol. The van der Waals surface area contributed by atoms with Gasteiger partial charge in [0.1, 0.15) is 5.82 Å². The van der Waals surface area contributed by atoms with Crippen LogP contribution in [0.2, 0.25) is 0 Å². The minimum atomic E-state index is -1.16. The molecule has 1 amide bonds. The molecule has 0 saturated carbocycles. The molecule has 0 spiro atoms. The predicted molar refractivity (Wildman–Crippen MR) is 163 cm³/mol. The van der Waals surface area contributed by atoms with Gasteiger partial charge in [0.25, 0.3) is 12.4 Å². The Hall–Kier alpha value is -3.44. The monoisotopic (exact) mass is 597 g/mol. The Morgan fingerprint density at radius 3 is 2.24 bits per heavy atom. The van der Waals surface area contributed by atoms with E-state index in [0.717, 1.165) is 16.0 Å². The van der Waals surface area contributed by atoms with Gasteiger partial charge in [-0.2, -0.15) is 0 Å². The fraction of sp³-hybridized carbons (Fsp3) is 0.375. The van der Waals surface area contributed by atoms with E-state index in [1.807, 2.05) is 54.6 Å². The van der Waals surface area contributed by atoms with E-state index in [1.54, 1.807) is 24.1 Å². The molecule has 3 N–H and O–H groups in total. The van der Waals surface area contributed by atoms with Crippen LogP contribution in [-0.2, 0) is 27.4 Å². The number of ether oxygens (including phenoxy) is 1. The van der Waals surface area contributed by atoms with Crippen LogP contribution in [0.5, 0.6) is 0 Å². The fourth-order valence-corrected chi connectivity index (χ4v) is 5.58. The highest BCUT2D eigenvalue weighted by Gasteiger charge is 2.29. The van der Waals surface area contributed by atoms with Crippen molar-refractivity contribution in [1.82, 2.24) is 9.62 Å². The highest BCUT2D eigenvalue weighted by Crippen LogP contribution is 2.25. The highest BCUT2D eigenvalue weighted by molar-refractivity contribution is 7.97. The standard InChI is InChI=1S/C32H40FN3O5S/c1-23(2)18-36(42-28-15-9-25(21-37)10-16-28)19-30(39)29(17-24-7-5-4-6-8-24)34-32(40)31(41-22-38)20-35(3)27-13-11-26(33)12-14-27/h4-16,22-23,29-31,37,39H,17-21H2,1-3H3,(H,34,40). The lowest BCUT2D eigenvalue weighted by Crippen LogP contribution is -2.53. The first-order valence-electron chi connectivity index (χ1n) is 13.9. The quantitative estimate of drug-likeness (QED) is 0.158. The van der Waals surface area contributed by atoms with Gasteiger partial charge in [-0.15, -0.1) is 0 Å². The number of rotatable bonds is 17. The lowest BCUT2D eigenvalue weighted by Gasteiger charge is -2.31. The van der Waals surface area contributed by atoms with Crippen molar-refractivity contribution in [3.05, 3.63) is 95.8 Å². The smallest absolute Gasteiger partial charge is 0.293 e. The van der Waals surface area contributed by atoms with E-state index in [0.29, 0.717) is 24.6 Å². The number of aliphatic hydroxyl groups is 2. The highest BCUT2D eigenvalue weighted by atomic mass is 32.2. The van der Waals surface area contributed by atoms with Crippen LogP contribution in [-0.4, -0.2) is 71.8 Å². The molecule has 0 aliphatic carbocycles. The summed E-state index contributed by atoms with van der Waals surface area (Å²) in [6, 6.07) is 22.2. The minimum absolute atomic E-state index is 0.0313. The van der Waals surface area contributed by atoms with Crippen LogP contribution in [0.25, 0.3) is 0 Å². The van der Waals surface area contributed by atoms with Gasteiger partial charge in [-0.3, -0.25) is 9.59 Å². The molecule has 0 aromatic heterocycles. The van der Waals surface area contributed by atoms with Crippen molar-refractivity contribution in [2.24, 2.45) is 5.92 Å². The fourth-order valence-electron chi connectivity index (χ4n) is 4.43. The summed E-state index contributed by atoms with van der Waals surface area (Å²) < 4.78 is 20.6. The largest absolute Gasteiger partial charge is 0.453 e. The molecule has 0 saturated heterocycles. The van der Waals surface area contributed by atoms with Crippen LogP contribution in [0.4, 0.5) is 10.1 Å². The van der Waals surface area contributed by atoms with E-state index in [9.17, 15) is 24.2 Å². The Labute approximate surface area is 251 Å². The molecular formula is C32H40FN3O5S. The zero-order chi connectivity index (χ0) is 30.5. The van der Waals surface area contributed by atoms with E-state index >= 15 is 0 Å². The summed E-state index contributed by atoms with van der Waals surface area (Å²) in [5.74, 6) is -0.607. The van der Waals surface area contributed by atoms with Crippen LogP contribution < -0.4 is 10.2 Å². The van der Waals surface area contributed by atoms with Gasteiger partial charge in [0.2, 0.25) is 0 Å². The number of amides is 1. The number of nitrogens with one attached hydrogen (secondary N) is 1. The van der Waals surface area contributed by atoms with Crippen LogP contribution in [0.1, 0.15) is 25.0 Å². The van der Waals surface area contributed by atoms with Crippen molar-refractivity contribution >= 4 is 30.0 Å². The summed E-state index contributed by atoms with van der Waals surface area (Å²) in [5, 5.41) is 23.8. The maximum atomic E-state index is 13.4. The molecule has 3 aromatic rings. The molecule has 0 bridgehead atoms. The molecule has 0 aliphatic rings. The van der Waals surface area contributed by atoms with Gasteiger partial charge < -0.3 is 25.2 Å². The molecule has 0 aliphatic heterocycles.